The van der Waals surface area contributed by atoms with Crippen LogP contribution in [-0.4, -0.2) is 54.1 Å². The Hall–Kier alpha value is -2.71. The van der Waals surface area contributed by atoms with E-state index in [0.29, 0.717) is 0 Å². The topological polar surface area (TPSA) is 19.9 Å². The molecule has 49 heavy (non-hydrogen) atoms. The van der Waals surface area contributed by atoms with Gasteiger partial charge in [0.15, 0.2) is 0 Å². The van der Waals surface area contributed by atoms with Crippen LogP contribution in [0.5, 0.6) is 0 Å². The SMILES string of the molecule is CC(C)([O])c1c(C(F)(F)C(F)(F)C(F)(F)C(F)(F)F)cc(C(F)(F)C(F)(F)C(F)(F)C(F)(F)F)cc1C(F)(F)C(F)(F)C(F)(F)C(F)(F)F. The van der Waals surface area contributed by atoms with Crippen molar-refractivity contribution in [2.75, 3.05) is 0 Å². The lowest BCUT2D eigenvalue weighted by molar-refractivity contribution is -0.402. The zero-order chi connectivity index (χ0) is 40.2. The zero-order valence-electron chi connectivity index (χ0n) is 22.3. The van der Waals surface area contributed by atoms with Crippen LogP contribution in [-0.2, 0) is 28.5 Å². The Kier molecular flexibility index (Phi) is 10.1. The maximum Gasteiger partial charge on any atom is 0.460 e. The Morgan fingerprint density at radius 2 is 0.551 bits per heavy atom. The minimum absolute atomic E-state index is 0.661. The second-order valence-corrected chi connectivity index (χ2v) is 10.1. The number of alkyl halides is 27. The number of benzene rings is 1. The molecule has 0 saturated heterocycles. The first kappa shape index (κ1) is 44.3. The van der Waals surface area contributed by atoms with Gasteiger partial charge in [0.05, 0.1) is 0 Å². The van der Waals surface area contributed by atoms with Crippen LogP contribution in [0.25, 0.3) is 0 Å². The third kappa shape index (κ3) is 6.07. The predicted octanol–water partition coefficient (Wildman–Crippen LogP) is 11.1. The maximum absolute atomic E-state index is 14.9. The highest BCUT2D eigenvalue weighted by Crippen LogP contribution is 2.63. The van der Waals surface area contributed by atoms with Crippen molar-refractivity contribution in [3.63, 3.8) is 0 Å². The molecule has 0 heterocycles. The standard InChI is InChI=1S/C21H8F27O/c1-9(2,49)8-6(11(24,25)14(30,31)17(36,37)20(43,44)45)3-5(10(22,23)13(28,29)16(34,35)19(40,41)42)4-7(8)12(26,27)15(32,33)18(38,39)21(46,47)48/h3-4H,1-2H3. The van der Waals surface area contributed by atoms with Gasteiger partial charge in [-0.05, 0) is 26.0 Å². The number of hydrogen-bond donors (Lipinski definition) is 0. The quantitative estimate of drug-likeness (QED) is 0.211. The molecule has 0 fully saturated rings. The molecule has 1 rings (SSSR count). The fraction of sp³-hybridized carbons (Fsp3) is 0.714. The number of hydrogen-bond acceptors (Lipinski definition) is 0. The van der Waals surface area contributed by atoms with Gasteiger partial charge in [-0.1, -0.05) is 0 Å². The molecule has 1 aromatic rings. The molecular weight excluding hydrogens is 781 g/mol. The molecule has 0 unspecified atom stereocenters. The van der Waals surface area contributed by atoms with Crippen LogP contribution in [0, 0.1) is 0 Å². The van der Waals surface area contributed by atoms with E-state index in [4.69, 9.17) is 0 Å². The summed E-state index contributed by atoms with van der Waals surface area (Å²) in [5.74, 6) is -74.5. The van der Waals surface area contributed by atoms with Crippen molar-refractivity contribution in [1.29, 1.82) is 0 Å². The van der Waals surface area contributed by atoms with Gasteiger partial charge in [-0.15, -0.1) is 0 Å². The van der Waals surface area contributed by atoms with Crippen LogP contribution in [0.15, 0.2) is 12.1 Å². The summed E-state index contributed by atoms with van der Waals surface area (Å²) in [5, 5.41) is 12.5. The largest absolute Gasteiger partial charge is 0.460 e. The summed E-state index contributed by atoms with van der Waals surface area (Å²) in [5.41, 5.74) is -22.0. The van der Waals surface area contributed by atoms with E-state index in [1.807, 2.05) is 0 Å². The van der Waals surface area contributed by atoms with Gasteiger partial charge in [-0.25, -0.2) is 5.11 Å². The first-order valence-electron chi connectivity index (χ1n) is 11.2. The van der Waals surface area contributed by atoms with Gasteiger partial charge in [-0.3, -0.25) is 0 Å². The van der Waals surface area contributed by atoms with Crippen molar-refractivity contribution in [1.82, 2.24) is 0 Å². The Morgan fingerprint density at radius 1 is 0.347 bits per heavy atom. The summed E-state index contributed by atoms with van der Waals surface area (Å²) in [7, 11) is 0. The lowest BCUT2D eigenvalue weighted by atomic mass is 9.77. The molecule has 1 nitrogen and oxygen atoms in total. The summed E-state index contributed by atoms with van der Waals surface area (Å²) in [6, 6.07) is -4.68. The third-order valence-electron chi connectivity index (χ3n) is 6.21. The monoisotopic (exact) mass is 789 g/mol. The van der Waals surface area contributed by atoms with Crippen LogP contribution < -0.4 is 0 Å². The molecule has 0 bridgehead atoms. The molecular formula is C21H8F27O. The summed E-state index contributed by atoms with van der Waals surface area (Å²) in [6.07, 6.45) is -23.9. The molecule has 28 heteroatoms. The van der Waals surface area contributed by atoms with Crippen molar-refractivity contribution in [3.05, 3.63) is 34.4 Å². The van der Waals surface area contributed by atoms with Crippen LogP contribution >= 0.6 is 0 Å². The normalized spacial score (nSPS) is 16.4. The van der Waals surface area contributed by atoms with Crippen molar-refractivity contribution in [3.8, 4) is 0 Å². The maximum atomic E-state index is 14.9. The van der Waals surface area contributed by atoms with E-state index in [1.54, 1.807) is 0 Å². The minimum atomic E-state index is -8.48. The Bertz CT molecular complexity index is 1310. The molecule has 1 radical (unpaired) electrons. The molecule has 0 aliphatic carbocycles. The van der Waals surface area contributed by atoms with Gasteiger partial charge in [0.2, 0.25) is 0 Å². The van der Waals surface area contributed by atoms with Gasteiger partial charge in [0, 0.05) is 22.3 Å². The third-order valence-corrected chi connectivity index (χ3v) is 6.21. The number of halogens is 27. The fourth-order valence-corrected chi connectivity index (χ4v) is 3.61. The van der Waals surface area contributed by atoms with Gasteiger partial charge >= 0.3 is 71.8 Å². The Balaban J connectivity index is 4.87. The van der Waals surface area contributed by atoms with Crippen LogP contribution in [0.4, 0.5) is 119 Å². The highest BCUT2D eigenvalue weighted by atomic mass is 19.4. The van der Waals surface area contributed by atoms with E-state index in [9.17, 15) is 124 Å². The van der Waals surface area contributed by atoms with Crippen LogP contribution in [0.2, 0.25) is 0 Å². The Morgan fingerprint density at radius 3 is 0.735 bits per heavy atom. The highest BCUT2D eigenvalue weighted by molar-refractivity contribution is 5.50. The molecule has 0 aliphatic rings. The molecule has 0 aromatic heterocycles. The summed E-state index contributed by atoms with van der Waals surface area (Å²) in [4.78, 5) is 0. The average molecular weight is 789 g/mol. The summed E-state index contributed by atoms with van der Waals surface area (Å²) >= 11 is 0. The second kappa shape index (κ2) is 11.1. The second-order valence-electron chi connectivity index (χ2n) is 10.1. The van der Waals surface area contributed by atoms with Crippen molar-refractivity contribution >= 4 is 0 Å². The van der Waals surface area contributed by atoms with E-state index in [-0.39, 0.29) is 0 Å². The molecule has 287 valence electrons. The average Bonchev–Trinajstić information content (AvgIpc) is 2.84. The van der Waals surface area contributed by atoms with Crippen molar-refractivity contribution in [2.24, 2.45) is 0 Å². The van der Waals surface area contributed by atoms with Crippen LogP contribution in [0.3, 0.4) is 0 Å². The summed E-state index contributed by atoms with van der Waals surface area (Å²) in [6.45, 7) is -1.32. The fourth-order valence-electron chi connectivity index (χ4n) is 3.61. The zero-order valence-corrected chi connectivity index (χ0v) is 22.3. The first-order valence-corrected chi connectivity index (χ1v) is 11.2. The summed E-state index contributed by atoms with van der Waals surface area (Å²) < 4.78 is 368. The van der Waals surface area contributed by atoms with Gasteiger partial charge in [0.1, 0.15) is 5.60 Å². The number of rotatable bonds is 10. The smallest absolute Gasteiger partial charge is 0.225 e. The molecule has 0 amide bonds. The van der Waals surface area contributed by atoms with E-state index >= 15 is 0 Å². The van der Waals surface area contributed by atoms with E-state index in [1.165, 1.54) is 0 Å². The van der Waals surface area contributed by atoms with Gasteiger partial charge < -0.3 is 0 Å². The molecule has 0 aliphatic heterocycles. The van der Waals surface area contributed by atoms with Crippen molar-refractivity contribution < 1.29 is 124 Å². The first-order chi connectivity index (χ1) is 20.7. The molecule has 0 spiro atoms. The molecule has 0 N–H and O–H groups in total. The van der Waals surface area contributed by atoms with Crippen LogP contribution in [0.1, 0.15) is 36.1 Å². The molecule has 0 saturated carbocycles. The molecule has 1 aromatic carbocycles. The minimum Gasteiger partial charge on any atom is -0.225 e. The van der Waals surface area contributed by atoms with Crippen molar-refractivity contribution in [2.45, 2.75) is 91.3 Å². The highest BCUT2D eigenvalue weighted by Gasteiger charge is 2.86. The predicted molar refractivity (Wildman–Crippen MR) is 99.7 cm³/mol. The lowest BCUT2D eigenvalue weighted by Gasteiger charge is -2.40. The lowest BCUT2D eigenvalue weighted by Crippen LogP contribution is -2.61. The van der Waals surface area contributed by atoms with Gasteiger partial charge in [0.25, 0.3) is 0 Å². The molecule has 0 atom stereocenters. The Labute approximate surface area is 250 Å². The van der Waals surface area contributed by atoms with Gasteiger partial charge in [-0.2, -0.15) is 119 Å². The van der Waals surface area contributed by atoms with E-state index in [0.717, 1.165) is 0 Å². The van der Waals surface area contributed by atoms with E-state index < -0.39 is 126 Å². The van der Waals surface area contributed by atoms with E-state index in [2.05, 4.69) is 0 Å².